The molecule has 2 aromatic rings. The molecule has 0 bridgehead atoms. The molecule has 2 heteroatoms. The van der Waals surface area contributed by atoms with Crippen LogP contribution in [0.15, 0.2) is 79.4 Å². The molecular formula is C20H19NO. The molecule has 1 amide bonds. The summed E-state index contributed by atoms with van der Waals surface area (Å²) in [5.41, 5.74) is 2.29. The summed E-state index contributed by atoms with van der Waals surface area (Å²) in [6.45, 7) is 4.45. The van der Waals surface area contributed by atoms with Gasteiger partial charge in [-0.25, -0.2) is 0 Å². The van der Waals surface area contributed by atoms with Gasteiger partial charge in [-0.3, -0.25) is 4.79 Å². The number of carbonyl (C=O) groups is 1. The Morgan fingerprint density at radius 2 is 1.64 bits per heavy atom. The SMILES string of the molecule is C=C[C@H]1C(=O)N(Cc2ccccc2)[C@H]1/C=C/c1ccccc1. The van der Waals surface area contributed by atoms with Gasteiger partial charge in [0.05, 0.1) is 12.0 Å². The maximum absolute atomic E-state index is 12.2. The van der Waals surface area contributed by atoms with E-state index in [-0.39, 0.29) is 17.9 Å². The average Bonchev–Trinajstić information content (AvgIpc) is 2.58. The number of benzene rings is 2. The molecule has 0 aromatic heterocycles. The van der Waals surface area contributed by atoms with Crippen molar-refractivity contribution < 1.29 is 4.79 Å². The lowest BCUT2D eigenvalue weighted by molar-refractivity contribution is -0.150. The van der Waals surface area contributed by atoms with Crippen LogP contribution in [0.4, 0.5) is 0 Å². The second-order valence-electron chi connectivity index (χ2n) is 5.47. The number of β-lactam (4-membered cyclic amide) rings is 1. The molecule has 1 aliphatic rings. The summed E-state index contributed by atoms with van der Waals surface area (Å²) in [6.07, 6.45) is 5.93. The lowest BCUT2D eigenvalue weighted by Gasteiger charge is -2.44. The summed E-state index contributed by atoms with van der Waals surface area (Å²) in [5, 5.41) is 0. The standard InChI is InChI=1S/C20H19NO/c1-2-18-19(14-13-16-9-5-3-6-10-16)21(20(18)22)15-17-11-7-4-8-12-17/h2-14,18-19H,1,15H2/b14-13+/t18-,19+/m1/s1. The van der Waals surface area contributed by atoms with Crippen LogP contribution in [0.3, 0.4) is 0 Å². The molecule has 0 spiro atoms. The quantitative estimate of drug-likeness (QED) is 0.603. The monoisotopic (exact) mass is 289 g/mol. The predicted octanol–water partition coefficient (Wildman–Crippen LogP) is 3.91. The number of carbonyl (C=O) groups excluding carboxylic acids is 1. The molecule has 2 atom stereocenters. The first kappa shape index (κ1) is 14.3. The first-order chi connectivity index (χ1) is 10.8. The molecule has 0 unspecified atom stereocenters. The van der Waals surface area contributed by atoms with Gasteiger partial charge in [0, 0.05) is 6.54 Å². The van der Waals surface area contributed by atoms with E-state index >= 15 is 0 Å². The van der Waals surface area contributed by atoms with Crippen molar-refractivity contribution in [3.63, 3.8) is 0 Å². The number of likely N-dealkylation sites (tertiary alicyclic amines) is 1. The summed E-state index contributed by atoms with van der Waals surface area (Å²) >= 11 is 0. The van der Waals surface area contributed by atoms with E-state index in [4.69, 9.17) is 0 Å². The molecular weight excluding hydrogens is 270 g/mol. The number of nitrogens with zero attached hydrogens (tertiary/aromatic N) is 1. The van der Waals surface area contributed by atoms with Gasteiger partial charge in [-0.05, 0) is 11.1 Å². The van der Waals surface area contributed by atoms with E-state index in [9.17, 15) is 4.79 Å². The number of amides is 1. The smallest absolute Gasteiger partial charge is 0.232 e. The molecule has 22 heavy (non-hydrogen) atoms. The van der Waals surface area contributed by atoms with Crippen LogP contribution >= 0.6 is 0 Å². The zero-order chi connectivity index (χ0) is 15.4. The van der Waals surface area contributed by atoms with E-state index in [1.54, 1.807) is 6.08 Å². The summed E-state index contributed by atoms with van der Waals surface area (Å²) in [5.74, 6) is 0.0465. The zero-order valence-corrected chi connectivity index (χ0v) is 12.4. The largest absolute Gasteiger partial charge is 0.330 e. The van der Waals surface area contributed by atoms with Crippen LogP contribution in [0.1, 0.15) is 11.1 Å². The molecule has 0 radical (unpaired) electrons. The molecule has 0 aliphatic carbocycles. The molecule has 2 nitrogen and oxygen atoms in total. The van der Waals surface area contributed by atoms with Crippen LogP contribution in [0.25, 0.3) is 6.08 Å². The summed E-state index contributed by atoms with van der Waals surface area (Å²) in [6, 6.07) is 20.3. The van der Waals surface area contributed by atoms with Gasteiger partial charge in [0.2, 0.25) is 5.91 Å². The molecule has 0 N–H and O–H groups in total. The van der Waals surface area contributed by atoms with Crippen molar-refractivity contribution in [1.82, 2.24) is 4.90 Å². The Morgan fingerprint density at radius 1 is 1.00 bits per heavy atom. The van der Waals surface area contributed by atoms with Gasteiger partial charge >= 0.3 is 0 Å². The van der Waals surface area contributed by atoms with Crippen molar-refractivity contribution in [3.05, 3.63) is 90.5 Å². The van der Waals surface area contributed by atoms with Crippen LogP contribution in [-0.2, 0) is 11.3 Å². The van der Waals surface area contributed by atoms with E-state index in [0.717, 1.165) is 11.1 Å². The van der Waals surface area contributed by atoms with Crippen LogP contribution in [0, 0.1) is 5.92 Å². The summed E-state index contributed by atoms with van der Waals surface area (Å²) in [7, 11) is 0. The Balaban J connectivity index is 1.76. The van der Waals surface area contributed by atoms with Gasteiger partial charge in [-0.1, -0.05) is 78.9 Å². The third-order valence-corrected chi connectivity index (χ3v) is 4.03. The van der Waals surface area contributed by atoms with E-state index in [2.05, 4.69) is 30.9 Å². The molecule has 0 saturated carbocycles. The predicted molar refractivity (Wildman–Crippen MR) is 89.9 cm³/mol. The highest BCUT2D eigenvalue weighted by Crippen LogP contribution is 2.31. The van der Waals surface area contributed by atoms with Crippen LogP contribution in [0.5, 0.6) is 0 Å². The highest BCUT2D eigenvalue weighted by molar-refractivity contribution is 5.88. The number of hydrogen-bond acceptors (Lipinski definition) is 1. The van der Waals surface area contributed by atoms with E-state index in [0.29, 0.717) is 6.54 Å². The number of rotatable bonds is 5. The van der Waals surface area contributed by atoms with Crippen LogP contribution < -0.4 is 0 Å². The van der Waals surface area contributed by atoms with Gasteiger partial charge in [0.1, 0.15) is 0 Å². The van der Waals surface area contributed by atoms with Gasteiger partial charge in [0.15, 0.2) is 0 Å². The maximum Gasteiger partial charge on any atom is 0.232 e. The Kier molecular flexibility index (Phi) is 4.19. The second kappa shape index (κ2) is 6.44. The zero-order valence-electron chi connectivity index (χ0n) is 12.4. The average molecular weight is 289 g/mol. The van der Waals surface area contributed by atoms with E-state index < -0.39 is 0 Å². The lowest BCUT2D eigenvalue weighted by Crippen LogP contribution is -2.58. The van der Waals surface area contributed by atoms with Crippen molar-refractivity contribution in [3.8, 4) is 0 Å². The molecule has 1 heterocycles. The normalized spacial score (nSPS) is 20.9. The molecule has 1 saturated heterocycles. The van der Waals surface area contributed by atoms with Crippen molar-refractivity contribution in [1.29, 1.82) is 0 Å². The minimum absolute atomic E-state index is 0.0883. The Labute approximate surface area is 131 Å². The third kappa shape index (κ3) is 2.86. The van der Waals surface area contributed by atoms with E-state index in [1.807, 2.05) is 53.4 Å². The van der Waals surface area contributed by atoms with E-state index in [1.165, 1.54) is 0 Å². The summed E-state index contributed by atoms with van der Waals surface area (Å²) < 4.78 is 0. The molecule has 1 aliphatic heterocycles. The molecule has 3 rings (SSSR count). The van der Waals surface area contributed by atoms with Crippen molar-refractivity contribution in [2.45, 2.75) is 12.6 Å². The minimum Gasteiger partial charge on any atom is -0.330 e. The van der Waals surface area contributed by atoms with Crippen molar-refractivity contribution in [2.75, 3.05) is 0 Å². The van der Waals surface area contributed by atoms with Crippen molar-refractivity contribution >= 4 is 12.0 Å². The highest BCUT2D eigenvalue weighted by Gasteiger charge is 2.43. The Bertz CT molecular complexity index is 675. The Morgan fingerprint density at radius 3 is 2.27 bits per heavy atom. The minimum atomic E-state index is -0.108. The third-order valence-electron chi connectivity index (χ3n) is 4.03. The van der Waals surface area contributed by atoms with Gasteiger partial charge in [0.25, 0.3) is 0 Å². The highest BCUT2D eigenvalue weighted by atomic mass is 16.2. The van der Waals surface area contributed by atoms with Crippen LogP contribution in [-0.4, -0.2) is 16.8 Å². The van der Waals surface area contributed by atoms with Gasteiger partial charge < -0.3 is 4.90 Å². The van der Waals surface area contributed by atoms with Crippen molar-refractivity contribution in [2.24, 2.45) is 5.92 Å². The summed E-state index contributed by atoms with van der Waals surface area (Å²) in [4.78, 5) is 14.1. The van der Waals surface area contributed by atoms with Gasteiger partial charge in [-0.2, -0.15) is 0 Å². The maximum atomic E-state index is 12.2. The van der Waals surface area contributed by atoms with Gasteiger partial charge in [-0.15, -0.1) is 6.58 Å². The topological polar surface area (TPSA) is 20.3 Å². The fourth-order valence-electron chi connectivity index (χ4n) is 2.80. The first-order valence-electron chi connectivity index (χ1n) is 7.50. The lowest BCUT2D eigenvalue weighted by atomic mass is 9.86. The first-order valence-corrected chi connectivity index (χ1v) is 7.50. The molecule has 1 fully saturated rings. The Hall–Kier alpha value is -2.61. The fraction of sp³-hybridized carbons (Fsp3) is 0.150. The molecule has 2 aromatic carbocycles. The second-order valence-corrected chi connectivity index (χ2v) is 5.47. The molecule has 110 valence electrons. The van der Waals surface area contributed by atoms with Crippen LogP contribution in [0.2, 0.25) is 0 Å². The number of hydrogen-bond donors (Lipinski definition) is 0. The fourth-order valence-corrected chi connectivity index (χ4v) is 2.80.